The Morgan fingerprint density at radius 2 is 1.62 bits per heavy atom. The highest BCUT2D eigenvalue weighted by Crippen LogP contribution is 2.23. The zero-order valence-electron chi connectivity index (χ0n) is 12.0. The van der Waals surface area contributed by atoms with Crippen LogP contribution in [0.25, 0.3) is 0 Å². The first kappa shape index (κ1) is 13.6. The van der Waals surface area contributed by atoms with Crippen LogP contribution in [0.3, 0.4) is 0 Å². The van der Waals surface area contributed by atoms with Crippen molar-refractivity contribution in [1.82, 2.24) is 5.32 Å². The SMILES string of the molecule is O=C1CC[C@H](c2ccccc2)NC=C1Cc1ccccc1. The smallest absolute Gasteiger partial charge is 0.160 e. The lowest BCUT2D eigenvalue weighted by Gasteiger charge is -2.15. The maximum Gasteiger partial charge on any atom is 0.160 e. The Hall–Kier alpha value is -2.35. The lowest BCUT2D eigenvalue weighted by molar-refractivity contribution is -0.115. The largest absolute Gasteiger partial charge is 0.384 e. The Kier molecular flexibility index (Phi) is 4.15. The Labute approximate surface area is 125 Å². The number of allylic oxidation sites excluding steroid dienone is 1. The van der Waals surface area contributed by atoms with Gasteiger partial charge >= 0.3 is 0 Å². The normalized spacial score (nSPS) is 18.6. The van der Waals surface area contributed by atoms with Gasteiger partial charge in [-0.3, -0.25) is 4.79 Å². The fourth-order valence-corrected chi connectivity index (χ4v) is 2.71. The first-order valence-electron chi connectivity index (χ1n) is 7.40. The Bertz CT molecular complexity index is 631. The number of carbonyl (C=O) groups excluding carboxylic acids is 1. The van der Waals surface area contributed by atoms with Gasteiger partial charge in [0, 0.05) is 24.6 Å². The van der Waals surface area contributed by atoms with E-state index in [4.69, 9.17) is 0 Å². The van der Waals surface area contributed by atoms with Crippen molar-refractivity contribution in [2.45, 2.75) is 25.3 Å². The predicted molar refractivity (Wildman–Crippen MR) is 84.8 cm³/mol. The molecule has 0 radical (unpaired) electrons. The molecule has 0 aromatic heterocycles. The first-order valence-corrected chi connectivity index (χ1v) is 7.40. The number of ketones is 1. The Balaban J connectivity index is 1.76. The minimum Gasteiger partial charge on any atom is -0.384 e. The van der Waals surface area contributed by atoms with Crippen LogP contribution in [0.2, 0.25) is 0 Å². The van der Waals surface area contributed by atoms with Gasteiger partial charge < -0.3 is 5.32 Å². The molecule has 0 bridgehead atoms. The van der Waals surface area contributed by atoms with E-state index < -0.39 is 0 Å². The van der Waals surface area contributed by atoms with Crippen LogP contribution in [0.5, 0.6) is 0 Å². The van der Waals surface area contributed by atoms with Gasteiger partial charge in [0.25, 0.3) is 0 Å². The summed E-state index contributed by atoms with van der Waals surface area (Å²) in [7, 11) is 0. The summed E-state index contributed by atoms with van der Waals surface area (Å²) in [6, 6.07) is 20.7. The summed E-state index contributed by atoms with van der Waals surface area (Å²) in [6.45, 7) is 0. The predicted octanol–water partition coefficient (Wildman–Crippen LogP) is 3.81. The van der Waals surface area contributed by atoms with Gasteiger partial charge in [0.2, 0.25) is 0 Å². The van der Waals surface area contributed by atoms with Crippen molar-refractivity contribution in [3.8, 4) is 0 Å². The Morgan fingerprint density at radius 1 is 0.952 bits per heavy atom. The van der Waals surface area contributed by atoms with Crippen LogP contribution < -0.4 is 5.32 Å². The van der Waals surface area contributed by atoms with Crippen molar-refractivity contribution in [2.24, 2.45) is 0 Å². The van der Waals surface area contributed by atoms with Gasteiger partial charge in [0.05, 0.1) is 6.04 Å². The third kappa shape index (κ3) is 3.40. The molecule has 1 heterocycles. The molecule has 3 rings (SSSR count). The summed E-state index contributed by atoms with van der Waals surface area (Å²) in [5, 5.41) is 3.42. The van der Waals surface area contributed by atoms with Crippen molar-refractivity contribution in [3.63, 3.8) is 0 Å². The van der Waals surface area contributed by atoms with E-state index in [0.717, 1.165) is 12.0 Å². The molecule has 21 heavy (non-hydrogen) atoms. The van der Waals surface area contributed by atoms with Gasteiger partial charge in [-0.2, -0.15) is 0 Å². The molecule has 0 fully saturated rings. The minimum absolute atomic E-state index is 0.225. The van der Waals surface area contributed by atoms with Crippen LogP contribution in [0.15, 0.2) is 72.4 Å². The molecule has 0 aliphatic carbocycles. The molecule has 2 aromatic rings. The third-order valence-electron chi connectivity index (χ3n) is 3.92. The highest BCUT2D eigenvalue weighted by Gasteiger charge is 2.19. The van der Waals surface area contributed by atoms with Crippen LogP contribution in [-0.4, -0.2) is 5.78 Å². The molecule has 0 saturated heterocycles. The zero-order valence-corrected chi connectivity index (χ0v) is 12.0. The molecule has 0 spiro atoms. The number of hydrogen-bond donors (Lipinski definition) is 1. The van der Waals surface area contributed by atoms with Crippen molar-refractivity contribution in [3.05, 3.63) is 83.6 Å². The summed E-state index contributed by atoms with van der Waals surface area (Å²) >= 11 is 0. The number of Topliss-reactive ketones (excluding diaryl/α,β-unsaturated/α-hetero) is 1. The highest BCUT2D eigenvalue weighted by atomic mass is 16.1. The van der Waals surface area contributed by atoms with Crippen molar-refractivity contribution < 1.29 is 4.79 Å². The molecule has 106 valence electrons. The maximum atomic E-state index is 12.3. The topological polar surface area (TPSA) is 29.1 Å². The van der Waals surface area contributed by atoms with Crippen LogP contribution >= 0.6 is 0 Å². The standard InChI is InChI=1S/C19H19NO/c21-19-12-11-18(16-9-5-2-6-10-16)20-14-17(19)13-15-7-3-1-4-8-15/h1-10,14,18,20H,11-13H2/t18-/m1/s1. The molecule has 2 nitrogen and oxygen atoms in total. The van der Waals surface area contributed by atoms with E-state index in [1.165, 1.54) is 11.1 Å². The van der Waals surface area contributed by atoms with Crippen LogP contribution in [0.1, 0.15) is 30.0 Å². The average molecular weight is 277 g/mol. The average Bonchev–Trinajstić information content (AvgIpc) is 2.72. The lowest BCUT2D eigenvalue weighted by atomic mass is 9.98. The number of hydrogen-bond acceptors (Lipinski definition) is 2. The summed E-state index contributed by atoms with van der Waals surface area (Å²) < 4.78 is 0. The molecule has 0 amide bonds. The number of carbonyl (C=O) groups is 1. The summed E-state index contributed by atoms with van der Waals surface area (Å²) in [6.07, 6.45) is 4.07. The van der Waals surface area contributed by atoms with Crippen molar-refractivity contribution >= 4 is 5.78 Å². The van der Waals surface area contributed by atoms with Gasteiger partial charge in [0.1, 0.15) is 0 Å². The number of nitrogens with one attached hydrogen (secondary N) is 1. The minimum atomic E-state index is 0.225. The monoisotopic (exact) mass is 277 g/mol. The van der Waals surface area contributed by atoms with Crippen LogP contribution in [-0.2, 0) is 11.2 Å². The van der Waals surface area contributed by atoms with E-state index in [1.54, 1.807) is 0 Å². The van der Waals surface area contributed by atoms with Crippen molar-refractivity contribution in [1.29, 1.82) is 0 Å². The third-order valence-corrected chi connectivity index (χ3v) is 3.92. The first-order chi connectivity index (χ1) is 10.3. The molecule has 1 N–H and O–H groups in total. The van der Waals surface area contributed by atoms with Crippen molar-refractivity contribution in [2.75, 3.05) is 0 Å². The molecule has 0 unspecified atom stereocenters. The van der Waals surface area contributed by atoms with E-state index in [2.05, 4.69) is 29.6 Å². The zero-order chi connectivity index (χ0) is 14.5. The fourth-order valence-electron chi connectivity index (χ4n) is 2.71. The molecule has 2 heteroatoms. The van der Waals surface area contributed by atoms with Gasteiger partial charge in [-0.25, -0.2) is 0 Å². The molecule has 0 saturated carbocycles. The van der Waals surface area contributed by atoms with Gasteiger partial charge in [-0.05, 0) is 17.5 Å². The highest BCUT2D eigenvalue weighted by molar-refractivity contribution is 5.95. The molecular formula is C19H19NO. The molecule has 1 atom stereocenters. The molecule has 1 aliphatic rings. The molecule has 2 aromatic carbocycles. The van der Waals surface area contributed by atoms with Gasteiger partial charge in [0.15, 0.2) is 5.78 Å². The molecular weight excluding hydrogens is 258 g/mol. The second-order valence-corrected chi connectivity index (χ2v) is 5.42. The van der Waals surface area contributed by atoms with Crippen LogP contribution in [0, 0.1) is 0 Å². The van der Waals surface area contributed by atoms with E-state index in [1.807, 2.05) is 42.6 Å². The Morgan fingerprint density at radius 3 is 2.33 bits per heavy atom. The maximum absolute atomic E-state index is 12.3. The summed E-state index contributed by atoms with van der Waals surface area (Å²) in [5.41, 5.74) is 3.29. The number of benzene rings is 2. The quantitative estimate of drug-likeness (QED) is 0.924. The van der Waals surface area contributed by atoms with Crippen LogP contribution in [0.4, 0.5) is 0 Å². The van der Waals surface area contributed by atoms with E-state index in [9.17, 15) is 4.79 Å². The van der Waals surface area contributed by atoms with E-state index in [-0.39, 0.29) is 11.8 Å². The van der Waals surface area contributed by atoms with Gasteiger partial charge in [-0.15, -0.1) is 0 Å². The summed E-state index contributed by atoms with van der Waals surface area (Å²) in [5.74, 6) is 0.254. The van der Waals surface area contributed by atoms with E-state index >= 15 is 0 Å². The van der Waals surface area contributed by atoms with E-state index in [0.29, 0.717) is 12.8 Å². The molecule has 1 aliphatic heterocycles. The second kappa shape index (κ2) is 6.40. The second-order valence-electron chi connectivity index (χ2n) is 5.42. The lowest BCUT2D eigenvalue weighted by Crippen LogP contribution is -2.14. The summed E-state index contributed by atoms with van der Waals surface area (Å²) in [4.78, 5) is 12.3. The van der Waals surface area contributed by atoms with Gasteiger partial charge in [-0.1, -0.05) is 60.7 Å². The fraction of sp³-hybridized carbons (Fsp3) is 0.211. The number of rotatable bonds is 3.